The molecule has 0 unspecified atom stereocenters. The molecule has 0 aliphatic heterocycles. The largest absolute Gasteiger partial charge is 0.496 e. The number of aromatic nitrogens is 2. The molecule has 1 aromatic heterocycles. The van der Waals surface area contributed by atoms with Crippen molar-refractivity contribution in [3.8, 4) is 16.3 Å². The van der Waals surface area contributed by atoms with Crippen molar-refractivity contribution in [1.29, 1.82) is 0 Å². The van der Waals surface area contributed by atoms with Gasteiger partial charge in [-0.05, 0) is 31.5 Å². The first-order valence-corrected chi connectivity index (χ1v) is 8.12. The van der Waals surface area contributed by atoms with E-state index in [4.69, 9.17) is 4.74 Å². The summed E-state index contributed by atoms with van der Waals surface area (Å²) in [5, 5.41) is 14.1. The number of aryl methyl sites for hydroxylation is 2. The molecule has 2 rings (SSSR count). The van der Waals surface area contributed by atoms with Gasteiger partial charge in [0.1, 0.15) is 15.8 Å². The smallest absolute Gasteiger partial charge is 0.147 e. The van der Waals surface area contributed by atoms with Gasteiger partial charge in [-0.15, -0.1) is 10.2 Å². The SMILES string of the molecule is COc1cc(-c2nnc(CCCNC(C)C)s2)ccc1C. The van der Waals surface area contributed by atoms with Crippen molar-refractivity contribution in [2.45, 2.75) is 39.7 Å². The minimum atomic E-state index is 0.537. The second kappa shape index (κ2) is 7.52. The van der Waals surface area contributed by atoms with Crippen molar-refractivity contribution in [1.82, 2.24) is 15.5 Å². The summed E-state index contributed by atoms with van der Waals surface area (Å²) in [4.78, 5) is 0. The number of ether oxygens (including phenoxy) is 1. The van der Waals surface area contributed by atoms with E-state index >= 15 is 0 Å². The molecule has 0 saturated carbocycles. The first-order valence-electron chi connectivity index (χ1n) is 7.31. The van der Waals surface area contributed by atoms with E-state index < -0.39 is 0 Å². The van der Waals surface area contributed by atoms with E-state index in [0.717, 1.165) is 46.3 Å². The van der Waals surface area contributed by atoms with E-state index in [0.29, 0.717) is 6.04 Å². The number of benzene rings is 1. The summed E-state index contributed by atoms with van der Waals surface area (Å²) in [6.45, 7) is 7.38. The summed E-state index contributed by atoms with van der Waals surface area (Å²) in [5.41, 5.74) is 2.20. The van der Waals surface area contributed by atoms with Crippen LogP contribution in [-0.4, -0.2) is 29.9 Å². The minimum Gasteiger partial charge on any atom is -0.496 e. The molecule has 0 spiro atoms. The van der Waals surface area contributed by atoms with Crippen LogP contribution >= 0.6 is 11.3 Å². The second-order valence-corrected chi connectivity index (χ2v) is 6.46. The van der Waals surface area contributed by atoms with Gasteiger partial charge in [-0.1, -0.05) is 37.3 Å². The fourth-order valence-corrected chi connectivity index (χ4v) is 2.93. The summed E-state index contributed by atoms with van der Waals surface area (Å²) in [5.74, 6) is 0.894. The van der Waals surface area contributed by atoms with E-state index in [1.165, 1.54) is 0 Å². The summed E-state index contributed by atoms with van der Waals surface area (Å²) in [6.07, 6.45) is 2.06. The maximum atomic E-state index is 5.36. The molecular formula is C16H23N3OS. The predicted octanol–water partition coefficient (Wildman–Crippen LogP) is 3.45. The third-order valence-corrected chi connectivity index (χ3v) is 4.27. The lowest BCUT2D eigenvalue weighted by atomic mass is 10.1. The van der Waals surface area contributed by atoms with E-state index in [9.17, 15) is 0 Å². The van der Waals surface area contributed by atoms with Gasteiger partial charge in [0.15, 0.2) is 0 Å². The van der Waals surface area contributed by atoms with Gasteiger partial charge in [0, 0.05) is 18.0 Å². The Morgan fingerprint density at radius 3 is 2.81 bits per heavy atom. The summed E-state index contributed by atoms with van der Waals surface area (Å²) >= 11 is 1.66. The second-order valence-electron chi connectivity index (χ2n) is 5.40. The minimum absolute atomic E-state index is 0.537. The average Bonchev–Trinajstić information content (AvgIpc) is 2.93. The van der Waals surface area contributed by atoms with Crippen LogP contribution in [0.5, 0.6) is 5.75 Å². The standard InChI is InChI=1S/C16H23N3OS/c1-11(2)17-9-5-6-15-18-19-16(21-15)13-8-7-12(3)14(10-13)20-4/h7-8,10-11,17H,5-6,9H2,1-4H3. The fourth-order valence-electron chi connectivity index (χ4n) is 2.05. The quantitative estimate of drug-likeness (QED) is 0.796. The van der Waals surface area contributed by atoms with Gasteiger partial charge in [0.05, 0.1) is 7.11 Å². The highest BCUT2D eigenvalue weighted by molar-refractivity contribution is 7.14. The number of rotatable bonds is 7. The van der Waals surface area contributed by atoms with Crippen LogP contribution in [0.25, 0.3) is 10.6 Å². The van der Waals surface area contributed by atoms with Crippen molar-refractivity contribution in [2.75, 3.05) is 13.7 Å². The Bertz CT molecular complexity index is 581. The van der Waals surface area contributed by atoms with Crippen LogP contribution in [0.2, 0.25) is 0 Å². The first-order chi connectivity index (χ1) is 10.1. The Balaban J connectivity index is 1.99. The summed E-state index contributed by atoms with van der Waals surface area (Å²) < 4.78 is 5.36. The number of hydrogen-bond donors (Lipinski definition) is 1. The number of nitrogens with one attached hydrogen (secondary N) is 1. The van der Waals surface area contributed by atoms with Crippen molar-refractivity contribution in [3.63, 3.8) is 0 Å². The highest BCUT2D eigenvalue weighted by Crippen LogP contribution is 2.29. The van der Waals surface area contributed by atoms with Gasteiger partial charge in [-0.25, -0.2) is 0 Å². The van der Waals surface area contributed by atoms with Crippen LogP contribution in [0.1, 0.15) is 30.8 Å². The van der Waals surface area contributed by atoms with Gasteiger partial charge >= 0.3 is 0 Å². The molecule has 0 fully saturated rings. The van der Waals surface area contributed by atoms with Gasteiger partial charge < -0.3 is 10.1 Å². The predicted molar refractivity (Wildman–Crippen MR) is 88.1 cm³/mol. The molecule has 1 heterocycles. The zero-order valence-electron chi connectivity index (χ0n) is 13.1. The zero-order chi connectivity index (χ0) is 15.2. The molecule has 21 heavy (non-hydrogen) atoms. The molecule has 0 aliphatic rings. The maximum absolute atomic E-state index is 5.36. The van der Waals surface area contributed by atoms with E-state index in [2.05, 4.69) is 41.5 Å². The molecule has 0 saturated heterocycles. The van der Waals surface area contributed by atoms with Crippen molar-refractivity contribution in [2.24, 2.45) is 0 Å². The fraction of sp³-hybridized carbons (Fsp3) is 0.500. The molecule has 0 amide bonds. The molecule has 0 aliphatic carbocycles. The van der Waals surface area contributed by atoms with Crippen LogP contribution in [-0.2, 0) is 6.42 Å². The first kappa shape index (κ1) is 15.9. The van der Waals surface area contributed by atoms with E-state index in [1.807, 2.05) is 13.0 Å². The molecule has 5 heteroatoms. The normalized spacial score (nSPS) is 11.1. The molecule has 0 bridgehead atoms. The van der Waals surface area contributed by atoms with Gasteiger partial charge in [-0.2, -0.15) is 0 Å². The van der Waals surface area contributed by atoms with Crippen LogP contribution in [0, 0.1) is 6.92 Å². The third kappa shape index (κ3) is 4.51. The van der Waals surface area contributed by atoms with E-state index in [-0.39, 0.29) is 0 Å². The molecule has 4 nitrogen and oxygen atoms in total. The van der Waals surface area contributed by atoms with E-state index in [1.54, 1.807) is 18.4 Å². The Morgan fingerprint density at radius 1 is 1.29 bits per heavy atom. The molecule has 1 N–H and O–H groups in total. The molecule has 114 valence electrons. The summed E-state index contributed by atoms with van der Waals surface area (Å²) in [7, 11) is 1.69. The maximum Gasteiger partial charge on any atom is 0.147 e. The van der Waals surface area contributed by atoms with Crippen LogP contribution in [0.3, 0.4) is 0 Å². The number of methoxy groups -OCH3 is 1. The highest BCUT2D eigenvalue weighted by atomic mass is 32.1. The molecule has 1 aromatic carbocycles. The Hall–Kier alpha value is -1.46. The zero-order valence-corrected chi connectivity index (χ0v) is 14.0. The van der Waals surface area contributed by atoms with Crippen molar-refractivity contribution >= 4 is 11.3 Å². The summed E-state index contributed by atoms with van der Waals surface area (Å²) in [6, 6.07) is 6.69. The lowest BCUT2D eigenvalue weighted by Crippen LogP contribution is -2.23. The van der Waals surface area contributed by atoms with Gasteiger partial charge in [0.2, 0.25) is 0 Å². The third-order valence-electron chi connectivity index (χ3n) is 3.24. The Kier molecular flexibility index (Phi) is 5.70. The monoisotopic (exact) mass is 305 g/mol. The van der Waals surface area contributed by atoms with Crippen LogP contribution < -0.4 is 10.1 Å². The van der Waals surface area contributed by atoms with Crippen LogP contribution in [0.15, 0.2) is 18.2 Å². The Labute approximate surface area is 130 Å². The number of hydrogen-bond acceptors (Lipinski definition) is 5. The van der Waals surface area contributed by atoms with Crippen LogP contribution in [0.4, 0.5) is 0 Å². The molecule has 0 atom stereocenters. The topological polar surface area (TPSA) is 47.0 Å². The molecule has 2 aromatic rings. The van der Waals surface area contributed by atoms with Gasteiger partial charge in [0.25, 0.3) is 0 Å². The van der Waals surface area contributed by atoms with Gasteiger partial charge in [-0.3, -0.25) is 0 Å². The lowest BCUT2D eigenvalue weighted by Gasteiger charge is -2.06. The molecule has 0 radical (unpaired) electrons. The number of nitrogens with zero attached hydrogens (tertiary/aromatic N) is 2. The Morgan fingerprint density at radius 2 is 2.10 bits per heavy atom. The van der Waals surface area contributed by atoms with Crippen molar-refractivity contribution in [3.05, 3.63) is 28.8 Å². The average molecular weight is 305 g/mol. The molecular weight excluding hydrogens is 282 g/mol. The highest BCUT2D eigenvalue weighted by Gasteiger charge is 2.09. The van der Waals surface area contributed by atoms with Crippen molar-refractivity contribution < 1.29 is 4.74 Å². The lowest BCUT2D eigenvalue weighted by molar-refractivity contribution is 0.412.